The number of nitrogens with zero attached hydrogens (tertiary/aromatic N) is 2. The van der Waals surface area contributed by atoms with Crippen molar-refractivity contribution in [2.45, 2.75) is 26.9 Å². The number of pyridine rings is 1. The fourth-order valence-electron chi connectivity index (χ4n) is 2.96. The zero-order valence-corrected chi connectivity index (χ0v) is 16.5. The molecule has 1 amide bonds. The first-order valence-electron chi connectivity index (χ1n) is 9.40. The molecule has 0 aliphatic heterocycles. The highest BCUT2D eigenvalue weighted by molar-refractivity contribution is 6.05. The number of carbonyl (C=O) groups is 1. The van der Waals surface area contributed by atoms with E-state index in [9.17, 15) is 4.79 Å². The summed E-state index contributed by atoms with van der Waals surface area (Å²) in [6.07, 6.45) is 1.71. The van der Waals surface area contributed by atoms with Gasteiger partial charge in [-0.25, -0.2) is 4.98 Å². The number of fused-ring (bicyclic) bond motifs is 1. The maximum atomic E-state index is 12.8. The molecule has 0 bridgehead atoms. The number of amides is 1. The zero-order valence-electron chi connectivity index (χ0n) is 16.5. The average molecular weight is 387 g/mol. The molecule has 146 valence electrons. The topological polar surface area (TPSA) is 77.3 Å². The molecule has 0 saturated heterocycles. The van der Waals surface area contributed by atoms with Gasteiger partial charge in [-0.15, -0.1) is 0 Å². The number of ether oxygens (including phenoxy) is 1. The fourth-order valence-corrected chi connectivity index (χ4v) is 2.96. The smallest absolute Gasteiger partial charge is 0.255 e. The van der Waals surface area contributed by atoms with Crippen molar-refractivity contribution in [3.8, 4) is 17.2 Å². The molecule has 2 aromatic heterocycles. The molecule has 4 rings (SSSR count). The van der Waals surface area contributed by atoms with E-state index in [-0.39, 0.29) is 12.0 Å². The van der Waals surface area contributed by atoms with Crippen LogP contribution in [0.1, 0.15) is 29.8 Å². The monoisotopic (exact) mass is 387 g/mol. The summed E-state index contributed by atoms with van der Waals surface area (Å²) in [5.74, 6) is 0.914. The summed E-state index contributed by atoms with van der Waals surface area (Å²) >= 11 is 0. The van der Waals surface area contributed by atoms with Crippen LogP contribution in [0.15, 0.2) is 65.2 Å². The van der Waals surface area contributed by atoms with E-state index in [2.05, 4.69) is 15.3 Å². The number of hydrogen-bond acceptors (Lipinski definition) is 5. The number of carbonyl (C=O) groups excluding carboxylic acids is 1. The number of rotatable bonds is 5. The van der Waals surface area contributed by atoms with Crippen LogP contribution < -0.4 is 10.1 Å². The molecule has 0 saturated carbocycles. The number of aromatic nitrogens is 2. The van der Waals surface area contributed by atoms with Crippen LogP contribution in [0.5, 0.6) is 5.75 Å². The summed E-state index contributed by atoms with van der Waals surface area (Å²) in [6, 6.07) is 16.4. The summed E-state index contributed by atoms with van der Waals surface area (Å²) in [4.78, 5) is 21.4. The lowest BCUT2D eigenvalue weighted by atomic mass is 10.1. The average Bonchev–Trinajstić information content (AvgIpc) is 3.13. The van der Waals surface area contributed by atoms with E-state index in [0.717, 1.165) is 11.1 Å². The van der Waals surface area contributed by atoms with Crippen LogP contribution in [0, 0.1) is 6.92 Å². The van der Waals surface area contributed by atoms with Crippen LogP contribution in [-0.2, 0) is 0 Å². The molecule has 0 fully saturated rings. The number of aryl methyl sites for hydroxylation is 1. The van der Waals surface area contributed by atoms with Crippen molar-refractivity contribution >= 4 is 22.8 Å². The van der Waals surface area contributed by atoms with Crippen molar-refractivity contribution in [2.75, 3.05) is 5.32 Å². The van der Waals surface area contributed by atoms with Crippen molar-refractivity contribution in [3.05, 3.63) is 71.9 Å². The summed E-state index contributed by atoms with van der Waals surface area (Å²) in [5.41, 5.74) is 4.09. The van der Waals surface area contributed by atoms with E-state index in [4.69, 9.17) is 9.15 Å². The molecular weight excluding hydrogens is 366 g/mol. The van der Waals surface area contributed by atoms with E-state index in [1.807, 2.05) is 51.1 Å². The van der Waals surface area contributed by atoms with E-state index in [1.165, 1.54) is 0 Å². The Morgan fingerprint density at radius 1 is 1.10 bits per heavy atom. The zero-order chi connectivity index (χ0) is 20.4. The van der Waals surface area contributed by atoms with Gasteiger partial charge in [0.2, 0.25) is 5.89 Å². The van der Waals surface area contributed by atoms with Gasteiger partial charge in [0.25, 0.3) is 5.91 Å². The predicted octanol–water partition coefficient (Wildman–Crippen LogP) is 5.24. The Labute approximate surface area is 168 Å². The second-order valence-corrected chi connectivity index (χ2v) is 7.02. The van der Waals surface area contributed by atoms with Crippen LogP contribution in [0.4, 0.5) is 5.69 Å². The van der Waals surface area contributed by atoms with E-state index in [0.29, 0.717) is 34.1 Å². The van der Waals surface area contributed by atoms with Crippen LogP contribution >= 0.6 is 0 Å². The molecule has 4 aromatic rings. The van der Waals surface area contributed by atoms with Gasteiger partial charge >= 0.3 is 0 Å². The molecule has 29 heavy (non-hydrogen) atoms. The largest absolute Gasteiger partial charge is 0.491 e. The predicted molar refractivity (Wildman–Crippen MR) is 112 cm³/mol. The van der Waals surface area contributed by atoms with Crippen molar-refractivity contribution in [1.82, 2.24) is 9.97 Å². The third-order valence-electron chi connectivity index (χ3n) is 4.37. The maximum Gasteiger partial charge on any atom is 0.255 e. The summed E-state index contributed by atoms with van der Waals surface area (Å²) in [7, 11) is 0. The van der Waals surface area contributed by atoms with Gasteiger partial charge < -0.3 is 14.5 Å². The molecule has 2 heterocycles. The molecule has 0 spiro atoms. The molecule has 0 aliphatic rings. The van der Waals surface area contributed by atoms with Gasteiger partial charge in [-0.2, -0.15) is 4.98 Å². The normalized spacial score (nSPS) is 11.0. The second-order valence-electron chi connectivity index (χ2n) is 7.02. The second kappa shape index (κ2) is 7.75. The van der Waals surface area contributed by atoms with Gasteiger partial charge in [-0.05, 0) is 68.8 Å². The van der Waals surface area contributed by atoms with Crippen LogP contribution in [0.2, 0.25) is 0 Å². The maximum absolute atomic E-state index is 12.8. The van der Waals surface area contributed by atoms with Crippen molar-refractivity contribution < 1.29 is 13.9 Å². The Morgan fingerprint density at radius 2 is 1.97 bits per heavy atom. The first-order valence-corrected chi connectivity index (χ1v) is 9.40. The summed E-state index contributed by atoms with van der Waals surface area (Å²) < 4.78 is 11.5. The van der Waals surface area contributed by atoms with Gasteiger partial charge in [0.1, 0.15) is 5.75 Å². The number of hydrogen-bond donors (Lipinski definition) is 1. The van der Waals surface area contributed by atoms with Gasteiger partial charge in [0.05, 0.1) is 6.10 Å². The number of oxazole rings is 1. The first kappa shape index (κ1) is 18.7. The molecule has 6 heteroatoms. The molecule has 0 aliphatic carbocycles. The Morgan fingerprint density at radius 3 is 2.76 bits per heavy atom. The number of anilines is 1. The molecular formula is C23H21N3O3. The first-order chi connectivity index (χ1) is 14.0. The van der Waals surface area contributed by atoms with Crippen molar-refractivity contribution in [2.24, 2.45) is 0 Å². The third-order valence-corrected chi connectivity index (χ3v) is 4.37. The fraction of sp³-hybridized carbons (Fsp3) is 0.174. The Balaban J connectivity index is 1.60. The number of benzene rings is 2. The standard InChI is InChI=1S/C23H21N3O3/c1-14(2)28-18-7-4-6-16(12-18)22(27)25-19-13-17(10-9-15(19)3)23-26-21-20(29-23)8-5-11-24-21/h4-14H,1-3H3,(H,25,27). The lowest BCUT2D eigenvalue weighted by molar-refractivity contribution is 0.102. The molecule has 0 atom stereocenters. The SMILES string of the molecule is Cc1ccc(-c2nc3ncccc3o2)cc1NC(=O)c1cccc(OC(C)C)c1. The highest BCUT2D eigenvalue weighted by Gasteiger charge is 2.13. The van der Waals surface area contributed by atoms with Crippen LogP contribution in [0.3, 0.4) is 0 Å². The van der Waals surface area contributed by atoms with Gasteiger partial charge in [-0.1, -0.05) is 12.1 Å². The van der Waals surface area contributed by atoms with Crippen molar-refractivity contribution in [1.29, 1.82) is 0 Å². The Bertz CT molecular complexity index is 1150. The molecule has 0 unspecified atom stereocenters. The van der Waals surface area contributed by atoms with Crippen molar-refractivity contribution in [3.63, 3.8) is 0 Å². The quantitative estimate of drug-likeness (QED) is 0.507. The van der Waals surface area contributed by atoms with Gasteiger partial charge in [0, 0.05) is 23.0 Å². The van der Waals surface area contributed by atoms with E-state index < -0.39 is 0 Å². The Kier molecular flexibility index (Phi) is 4.99. The lowest BCUT2D eigenvalue weighted by Gasteiger charge is -2.12. The highest BCUT2D eigenvalue weighted by atomic mass is 16.5. The molecule has 2 aromatic carbocycles. The van der Waals surface area contributed by atoms with Gasteiger partial charge in [-0.3, -0.25) is 4.79 Å². The Hall–Kier alpha value is -3.67. The molecule has 6 nitrogen and oxygen atoms in total. The van der Waals surface area contributed by atoms with Crippen LogP contribution in [0.25, 0.3) is 22.7 Å². The highest BCUT2D eigenvalue weighted by Crippen LogP contribution is 2.28. The summed E-state index contributed by atoms with van der Waals surface area (Å²) in [6.45, 7) is 5.83. The summed E-state index contributed by atoms with van der Waals surface area (Å²) in [5, 5.41) is 2.97. The minimum atomic E-state index is -0.210. The van der Waals surface area contributed by atoms with E-state index >= 15 is 0 Å². The minimum absolute atomic E-state index is 0.0398. The van der Waals surface area contributed by atoms with Gasteiger partial charge in [0.15, 0.2) is 11.2 Å². The third kappa shape index (κ3) is 4.11. The van der Waals surface area contributed by atoms with Crippen LogP contribution in [-0.4, -0.2) is 22.0 Å². The molecule has 1 N–H and O–H groups in total. The minimum Gasteiger partial charge on any atom is -0.491 e. The van der Waals surface area contributed by atoms with E-state index in [1.54, 1.807) is 30.5 Å². The lowest BCUT2D eigenvalue weighted by Crippen LogP contribution is -2.13. The number of nitrogens with one attached hydrogen (secondary N) is 1. The molecule has 0 radical (unpaired) electrons.